The standard InChI is InChI=1S/3C18H14Cl4N2O.2HNO3/c3*19-13-2-1-12(16(21)7-13)10-25-18(9-24-6-5-23-11-24)15-4-3-14(20)8-17(15)22;2*2-1(3)4/h3*1-8,11,18H,9-10H2;2*(H,2,3,4). The van der Waals surface area contributed by atoms with Crippen LogP contribution in [-0.2, 0) is 53.7 Å². The molecule has 0 amide bonds. The number of imidazole rings is 3. The summed E-state index contributed by atoms with van der Waals surface area (Å²) in [7, 11) is 0. The van der Waals surface area contributed by atoms with Crippen molar-refractivity contribution in [2.45, 2.75) is 57.8 Å². The van der Waals surface area contributed by atoms with Crippen LogP contribution >= 0.6 is 139 Å². The van der Waals surface area contributed by atoms with Gasteiger partial charge in [0.05, 0.1) is 58.4 Å². The zero-order valence-corrected chi connectivity index (χ0v) is 51.5. The van der Waals surface area contributed by atoms with Crippen molar-refractivity contribution < 1.29 is 34.8 Å². The molecule has 2 N–H and O–H groups in total. The third kappa shape index (κ3) is 24.3. The maximum absolute atomic E-state index is 8.36. The minimum absolute atomic E-state index is 0.286. The van der Waals surface area contributed by atoms with Crippen LogP contribution in [0.4, 0.5) is 0 Å². The third-order valence-electron chi connectivity index (χ3n) is 11.1. The molecular weight excluding hydrogens is 1330 g/mol. The molecule has 9 aromatic rings. The Balaban J connectivity index is 0.000000214. The van der Waals surface area contributed by atoms with E-state index < -0.39 is 10.2 Å². The summed E-state index contributed by atoms with van der Waals surface area (Å²) >= 11 is 73.6. The van der Waals surface area contributed by atoms with Gasteiger partial charge in [0.2, 0.25) is 0 Å². The highest BCUT2D eigenvalue weighted by Gasteiger charge is 2.21. The lowest BCUT2D eigenvalue weighted by atomic mass is 10.1. The normalized spacial score (nSPS) is 11.7. The molecule has 0 saturated heterocycles. The summed E-state index contributed by atoms with van der Waals surface area (Å²) in [6, 6.07) is 32.1. The topological polar surface area (TPSA) is 208 Å². The quantitative estimate of drug-likeness (QED) is 0.0608. The SMILES string of the molecule is Clc1ccc(COC(Cn2ccnc2)c2ccc(Cl)cc2Cl)c(Cl)c1.Clc1ccc(COC(Cn2ccnc2)c2ccc(Cl)cc2Cl)c(Cl)c1.Clc1ccc(COC(Cn2ccnc2)c2ccc(Cl)cc2Cl)c(Cl)c1.O=[N+]([O-])O.O=[N+]([O-])O. The summed E-state index contributed by atoms with van der Waals surface area (Å²) in [6.07, 6.45) is 15.1. The van der Waals surface area contributed by atoms with E-state index in [4.69, 9.17) is 184 Å². The predicted molar refractivity (Wildman–Crippen MR) is 326 cm³/mol. The van der Waals surface area contributed by atoms with Crippen LogP contribution in [0.3, 0.4) is 0 Å². The fourth-order valence-electron chi connectivity index (χ4n) is 7.26. The van der Waals surface area contributed by atoms with Gasteiger partial charge in [-0.3, -0.25) is 0 Å². The molecule has 0 bridgehead atoms. The van der Waals surface area contributed by atoms with Gasteiger partial charge in [-0.15, -0.1) is 20.2 Å². The molecule has 0 fully saturated rings. The van der Waals surface area contributed by atoms with Crippen LogP contribution < -0.4 is 0 Å². The van der Waals surface area contributed by atoms with Crippen LogP contribution in [0.5, 0.6) is 0 Å². The average molecular weight is 1370 g/mol. The Kier molecular flexibility index (Phi) is 29.1. The van der Waals surface area contributed by atoms with E-state index in [0.29, 0.717) is 99.7 Å². The second-order valence-corrected chi connectivity index (χ2v) is 21.9. The van der Waals surface area contributed by atoms with Gasteiger partial charge < -0.3 is 38.3 Å². The maximum Gasteiger partial charge on any atom is 0.291 e. The average Bonchev–Trinajstić information content (AvgIpc) is 4.31. The monoisotopic (exact) mass is 1370 g/mol. The lowest BCUT2D eigenvalue weighted by Crippen LogP contribution is -2.12. The first kappa shape index (κ1) is 68.5. The van der Waals surface area contributed by atoms with E-state index in [1.807, 2.05) is 68.7 Å². The molecule has 0 radical (unpaired) electrons. The summed E-state index contributed by atoms with van der Waals surface area (Å²) in [4.78, 5) is 28.9. The first-order chi connectivity index (χ1) is 39.5. The molecule has 3 atom stereocenters. The summed E-state index contributed by atoms with van der Waals surface area (Å²) in [5, 5.41) is 34.1. The summed E-state index contributed by atoms with van der Waals surface area (Å²) in [6.45, 7) is 2.67. The van der Waals surface area contributed by atoms with Gasteiger partial charge in [0, 0.05) is 114 Å². The molecule has 3 heterocycles. The number of rotatable bonds is 18. The van der Waals surface area contributed by atoms with Gasteiger partial charge >= 0.3 is 0 Å². The van der Waals surface area contributed by atoms with Gasteiger partial charge in [0.1, 0.15) is 18.3 Å². The minimum Gasteiger partial charge on any atom is -0.367 e. The van der Waals surface area contributed by atoms with E-state index in [1.54, 1.807) is 110 Å². The number of nitrogens with zero attached hydrogens (tertiary/aromatic N) is 8. The first-order valence-electron chi connectivity index (χ1n) is 23.6. The Labute approximate surface area is 535 Å². The highest BCUT2D eigenvalue weighted by molar-refractivity contribution is 6.37. The lowest BCUT2D eigenvalue weighted by molar-refractivity contribution is -0.742. The predicted octanol–water partition coefficient (Wildman–Crippen LogP) is 18.7. The fraction of sp³-hybridized carbons (Fsp3) is 0.167. The second kappa shape index (κ2) is 35.2. The Morgan fingerprint density at radius 3 is 0.795 bits per heavy atom. The van der Waals surface area contributed by atoms with E-state index in [0.717, 1.165) is 33.4 Å². The molecule has 6 aromatic carbocycles. The number of halogens is 12. The van der Waals surface area contributed by atoms with Crippen molar-refractivity contribution in [2.24, 2.45) is 0 Å². The fourth-order valence-corrected chi connectivity index (χ4v) is 10.2. The van der Waals surface area contributed by atoms with Gasteiger partial charge in [0.15, 0.2) is 0 Å². The highest BCUT2D eigenvalue weighted by atomic mass is 35.5. The van der Waals surface area contributed by atoms with Crippen molar-refractivity contribution in [3.63, 3.8) is 0 Å². The van der Waals surface area contributed by atoms with Crippen molar-refractivity contribution in [1.29, 1.82) is 0 Å². The van der Waals surface area contributed by atoms with Crippen LogP contribution in [-0.4, -0.2) is 49.2 Å². The molecular formula is C54H44Cl12N8O9. The van der Waals surface area contributed by atoms with E-state index in [2.05, 4.69) is 15.0 Å². The second-order valence-electron chi connectivity index (χ2n) is 16.9. The molecule has 83 heavy (non-hydrogen) atoms. The Morgan fingerprint density at radius 2 is 0.602 bits per heavy atom. The number of ether oxygens (including phenoxy) is 3. The van der Waals surface area contributed by atoms with Crippen LogP contribution in [0.25, 0.3) is 0 Å². The van der Waals surface area contributed by atoms with E-state index >= 15 is 0 Å². The van der Waals surface area contributed by atoms with Crippen LogP contribution in [0.15, 0.2) is 165 Å². The van der Waals surface area contributed by atoms with E-state index in [-0.39, 0.29) is 18.3 Å². The van der Waals surface area contributed by atoms with Crippen LogP contribution in [0, 0.1) is 20.2 Å². The molecule has 0 spiro atoms. The summed E-state index contributed by atoms with van der Waals surface area (Å²) in [5.74, 6) is 0. The Bertz CT molecular complexity index is 3120. The molecule has 0 saturated carbocycles. The van der Waals surface area contributed by atoms with Crippen molar-refractivity contribution in [3.8, 4) is 0 Å². The Morgan fingerprint density at radius 1 is 0.386 bits per heavy atom. The molecule has 17 nitrogen and oxygen atoms in total. The molecule has 3 unspecified atom stereocenters. The third-order valence-corrected chi connectivity index (χ3v) is 14.5. The van der Waals surface area contributed by atoms with Crippen LogP contribution in [0.2, 0.25) is 60.3 Å². The Hall–Kier alpha value is -5.29. The molecule has 29 heteroatoms. The number of hydrogen-bond acceptors (Lipinski definition) is 10. The molecule has 9 rings (SSSR count). The molecule has 438 valence electrons. The first-order valence-corrected chi connectivity index (χ1v) is 28.1. The van der Waals surface area contributed by atoms with Gasteiger partial charge in [0.25, 0.3) is 10.2 Å². The van der Waals surface area contributed by atoms with Crippen molar-refractivity contribution in [3.05, 3.63) is 279 Å². The molecule has 0 aliphatic rings. The van der Waals surface area contributed by atoms with Crippen molar-refractivity contribution in [1.82, 2.24) is 28.7 Å². The summed E-state index contributed by atoms with van der Waals surface area (Å²) < 4.78 is 24.2. The number of benzene rings is 6. The minimum atomic E-state index is -1.50. The lowest BCUT2D eigenvalue weighted by Gasteiger charge is -2.21. The van der Waals surface area contributed by atoms with E-state index in [9.17, 15) is 0 Å². The molecule has 0 aliphatic heterocycles. The van der Waals surface area contributed by atoms with Crippen LogP contribution in [0.1, 0.15) is 51.7 Å². The number of hydrogen-bond donors (Lipinski definition) is 2. The molecule has 0 aliphatic carbocycles. The van der Waals surface area contributed by atoms with Gasteiger partial charge in [-0.25, -0.2) is 15.0 Å². The van der Waals surface area contributed by atoms with Gasteiger partial charge in [-0.1, -0.05) is 176 Å². The molecule has 3 aromatic heterocycles. The van der Waals surface area contributed by atoms with Gasteiger partial charge in [-0.2, -0.15) is 0 Å². The highest BCUT2D eigenvalue weighted by Crippen LogP contribution is 2.35. The van der Waals surface area contributed by atoms with E-state index in [1.165, 1.54) is 0 Å². The number of aromatic nitrogens is 6. The van der Waals surface area contributed by atoms with Crippen molar-refractivity contribution >= 4 is 139 Å². The van der Waals surface area contributed by atoms with Crippen molar-refractivity contribution in [2.75, 3.05) is 0 Å². The zero-order valence-electron chi connectivity index (χ0n) is 42.4. The van der Waals surface area contributed by atoms with Gasteiger partial charge in [-0.05, 0) is 89.5 Å². The summed E-state index contributed by atoms with van der Waals surface area (Å²) in [5.41, 5.74) is 5.12. The maximum atomic E-state index is 8.36. The zero-order chi connectivity index (χ0) is 60.6. The largest absolute Gasteiger partial charge is 0.367 e. The smallest absolute Gasteiger partial charge is 0.291 e.